The van der Waals surface area contributed by atoms with Crippen molar-refractivity contribution in [2.75, 3.05) is 13.1 Å². The van der Waals surface area contributed by atoms with Crippen molar-refractivity contribution < 1.29 is 5.11 Å². The first kappa shape index (κ1) is 22.5. The molecule has 4 rings (SSSR count). The summed E-state index contributed by atoms with van der Waals surface area (Å²) in [7, 11) is 0. The molecule has 2 N–H and O–H groups in total. The molecule has 1 saturated heterocycles. The molecule has 1 atom stereocenters. The van der Waals surface area contributed by atoms with E-state index in [1.54, 1.807) is 12.1 Å². The summed E-state index contributed by atoms with van der Waals surface area (Å²) in [6.45, 7) is 8.75. The van der Waals surface area contributed by atoms with Crippen LogP contribution in [0.2, 0.25) is 0 Å². The Balaban J connectivity index is 0.000000317. The quantitative estimate of drug-likeness (QED) is 0.592. The highest BCUT2D eigenvalue weighted by Gasteiger charge is 2.06. The van der Waals surface area contributed by atoms with Crippen LogP contribution in [0.5, 0.6) is 5.75 Å². The topological polar surface area (TPSA) is 56.0 Å². The maximum Gasteiger partial charge on any atom is 0.115 e. The average Bonchev–Trinajstić information content (AvgIpc) is 3.25. The Kier molecular flexibility index (Phi) is 9.21. The van der Waals surface area contributed by atoms with E-state index in [1.165, 1.54) is 30.6 Å². The smallest absolute Gasteiger partial charge is 0.115 e. The molecule has 3 aromatic rings. The summed E-state index contributed by atoms with van der Waals surface area (Å²) >= 11 is 0. The third-order valence-electron chi connectivity index (χ3n) is 4.98. The molecular formula is C26H32N2O. The summed E-state index contributed by atoms with van der Waals surface area (Å²) in [6, 6.07) is 21.7. The van der Waals surface area contributed by atoms with Crippen LogP contribution in [0.4, 0.5) is 0 Å². The average molecular weight is 389 g/mol. The number of aromatic hydroxyl groups is 1. The van der Waals surface area contributed by atoms with Crippen LogP contribution in [-0.4, -0.2) is 18.2 Å². The van der Waals surface area contributed by atoms with Crippen LogP contribution < -0.4 is 5.32 Å². The summed E-state index contributed by atoms with van der Waals surface area (Å²) in [4.78, 5) is 0. The number of aryl methyl sites for hydroxylation is 2. The van der Waals surface area contributed by atoms with E-state index in [1.807, 2.05) is 44.2 Å². The van der Waals surface area contributed by atoms with E-state index in [0.29, 0.717) is 11.3 Å². The van der Waals surface area contributed by atoms with Crippen molar-refractivity contribution in [3.05, 3.63) is 77.4 Å². The van der Waals surface area contributed by atoms with Gasteiger partial charge in [-0.05, 0) is 84.4 Å². The molecule has 3 heteroatoms. The molecule has 1 fully saturated rings. The largest absolute Gasteiger partial charge is 0.508 e. The van der Waals surface area contributed by atoms with Crippen molar-refractivity contribution in [1.29, 1.82) is 5.26 Å². The van der Waals surface area contributed by atoms with Gasteiger partial charge in [0.25, 0.3) is 0 Å². The maximum absolute atomic E-state index is 9.28. The zero-order valence-corrected chi connectivity index (χ0v) is 17.8. The van der Waals surface area contributed by atoms with Crippen LogP contribution in [0.25, 0.3) is 10.8 Å². The van der Waals surface area contributed by atoms with Gasteiger partial charge in [-0.3, -0.25) is 0 Å². The van der Waals surface area contributed by atoms with Crippen molar-refractivity contribution >= 4 is 10.8 Å². The van der Waals surface area contributed by atoms with Gasteiger partial charge in [0, 0.05) is 0 Å². The van der Waals surface area contributed by atoms with Crippen molar-refractivity contribution in [2.24, 2.45) is 5.92 Å². The second-order valence-electron chi connectivity index (χ2n) is 7.27. The second kappa shape index (κ2) is 11.9. The maximum atomic E-state index is 9.28. The Morgan fingerprint density at radius 1 is 0.931 bits per heavy atom. The first-order chi connectivity index (χ1) is 14.1. The predicted molar refractivity (Wildman–Crippen MR) is 122 cm³/mol. The lowest BCUT2D eigenvalue weighted by Crippen LogP contribution is -2.06. The van der Waals surface area contributed by atoms with E-state index in [-0.39, 0.29) is 0 Å². The molecule has 0 aromatic heterocycles. The summed E-state index contributed by atoms with van der Waals surface area (Å²) in [6.07, 6.45) is 3.25. The van der Waals surface area contributed by atoms with Crippen molar-refractivity contribution in [2.45, 2.75) is 40.0 Å². The highest BCUT2D eigenvalue weighted by Crippen LogP contribution is 2.19. The molecular weight excluding hydrogens is 356 g/mol. The van der Waals surface area contributed by atoms with Crippen LogP contribution in [-0.2, 0) is 12.8 Å². The molecule has 152 valence electrons. The second-order valence-corrected chi connectivity index (χ2v) is 7.27. The van der Waals surface area contributed by atoms with Gasteiger partial charge in [-0.2, -0.15) is 5.26 Å². The van der Waals surface area contributed by atoms with Gasteiger partial charge in [0.1, 0.15) is 5.75 Å². The van der Waals surface area contributed by atoms with Crippen molar-refractivity contribution in [3.63, 3.8) is 0 Å². The van der Waals surface area contributed by atoms with E-state index in [2.05, 4.69) is 36.5 Å². The van der Waals surface area contributed by atoms with E-state index < -0.39 is 0 Å². The van der Waals surface area contributed by atoms with Gasteiger partial charge in [-0.1, -0.05) is 57.2 Å². The number of rotatable bonds is 3. The monoisotopic (exact) mass is 388 g/mol. The fraction of sp³-hybridized carbons (Fsp3) is 0.346. The Labute approximate surface area is 175 Å². The number of phenols is 1. The highest BCUT2D eigenvalue weighted by atomic mass is 16.3. The minimum Gasteiger partial charge on any atom is -0.508 e. The van der Waals surface area contributed by atoms with Gasteiger partial charge in [-0.15, -0.1) is 0 Å². The molecule has 29 heavy (non-hydrogen) atoms. The predicted octanol–water partition coefficient (Wildman–Crippen LogP) is 5.84. The van der Waals surface area contributed by atoms with Crippen LogP contribution in [0.3, 0.4) is 0 Å². The Hall–Kier alpha value is -2.83. The number of phenolic OH excluding ortho intramolecular Hbond substituents is 1. The van der Waals surface area contributed by atoms with Gasteiger partial charge >= 0.3 is 0 Å². The molecule has 1 aliphatic heterocycles. The van der Waals surface area contributed by atoms with Gasteiger partial charge in [0.05, 0.1) is 11.6 Å². The van der Waals surface area contributed by atoms with E-state index in [9.17, 15) is 5.11 Å². The first-order valence-electron chi connectivity index (χ1n) is 10.6. The highest BCUT2D eigenvalue weighted by molar-refractivity contribution is 5.84. The number of nitriles is 1. The Morgan fingerprint density at radius 3 is 2.17 bits per heavy atom. The minimum atomic E-state index is 0.300. The lowest BCUT2D eigenvalue weighted by atomic mass is 10.00. The van der Waals surface area contributed by atoms with Crippen LogP contribution in [0, 0.1) is 17.2 Å². The molecule has 1 aliphatic rings. The number of hydrogen-bond acceptors (Lipinski definition) is 3. The number of fused-ring (bicyclic) bond motifs is 1. The molecule has 1 heterocycles. The SMILES string of the molecule is CC.CC1CCNC1.N#Cc1ccc2ccc(CCc3ccc(O)cc3)cc2c1. The third kappa shape index (κ3) is 7.25. The zero-order chi connectivity index (χ0) is 21.1. The fourth-order valence-corrected chi connectivity index (χ4v) is 3.27. The van der Waals surface area contributed by atoms with E-state index >= 15 is 0 Å². The number of hydrogen-bond donors (Lipinski definition) is 2. The van der Waals surface area contributed by atoms with Gasteiger partial charge in [-0.25, -0.2) is 0 Å². The van der Waals surface area contributed by atoms with Crippen LogP contribution in [0.15, 0.2) is 60.7 Å². The molecule has 0 amide bonds. The molecule has 1 unspecified atom stereocenters. The molecule has 0 aliphatic carbocycles. The molecule has 3 nitrogen and oxygen atoms in total. The fourth-order valence-electron chi connectivity index (χ4n) is 3.27. The summed E-state index contributed by atoms with van der Waals surface area (Å²) in [5.74, 6) is 1.23. The van der Waals surface area contributed by atoms with Gasteiger partial charge in [0.15, 0.2) is 0 Å². The summed E-state index contributed by atoms with van der Waals surface area (Å²) < 4.78 is 0. The Morgan fingerprint density at radius 2 is 1.59 bits per heavy atom. The molecule has 0 bridgehead atoms. The summed E-state index contributed by atoms with van der Waals surface area (Å²) in [5, 5.41) is 23.8. The van der Waals surface area contributed by atoms with Crippen molar-refractivity contribution in [1.82, 2.24) is 5.32 Å². The normalized spacial score (nSPS) is 14.9. The Bertz CT molecular complexity index is 920. The third-order valence-corrected chi connectivity index (χ3v) is 4.98. The molecule has 0 saturated carbocycles. The summed E-state index contributed by atoms with van der Waals surface area (Å²) in [5.41, 5.74) is 3.16. The zero-order valence-electron chi connectivity index (χ0n) is 17.8. The molecule has 0 radical (unpaired) electrons. The first-order valence-corrected chi connectivity index (χ1v) is 10.6. The van der Waals surface area contributed by atoms with Gasteiger partial charge < -0.3 is 10.4 Å². The molecule has 3 aromatic carbocycles. The minimum absolute atomic E-state index is 0.300. The molecule has 0 spiro atoms. The lowest BCUT2D eigenvalue weighted by Gasteiger charge is -2.05. The number of nitrogens with zero attached hydrogens (tertiary/aromatic N) is 1. The number of nitrogens with one attached hydrogen (secondary N) is 1. The number of benzene rings is 3. The van der Waals surface area contributed by atoms with Crippen LogP contribution >= 0.6 is 0 Å². The standard InChI is InChI=1S/C19H15NO.C5H11N.C2H6/c20-13-16-4-8-17-7-3-15(11-18(17)12-16)2-1-14-5-9-19(21)10-6-14;1-5-2-3-6-4-5;1-2/h3-12,21H,1-2H2;5-6H,2-4H2,1H3;1-2H3. The van der Waals surface area contributed by atoms with E-state index in [4.69, 9.17) is 5.26 Å². The van der Waals surface area contributed by atoms with Crippen LogP contribution in [0.1, 0.15) is 43.9 Å². The van der Waals surface area contributed by atoms with E-state index in [0.717, 1.165) is 29.5 Å². The van der Waals surface area contributed by atoms with Gasteiger partial charge in [0.2, 0.25) is 0 Å². The van der Waals surface area contributed by atoms with Crippen molar-refractivity contribution in [3.8, 4) is 11.8 Å². The lowest BCUT2D eigenvalue weighted by molar-refractivity contribution is 0.475.